The number of amides is 1. The normalized spacial score (nSPS) is 15.1. The van der Waals surface area contributed by atoms with Gasteiger partial charge in [-0.3, -0.25) is 4.79 Å². The number of hydrogen-bond acceptors (Lipinski definition) is 1. The van der Waals surface area contributed by atoms with Gasteiger partial charge in [-0.15, -0.1) is 0 Å². The van der Waals surface area contributed by atoms with Gasteiger partial charge in [0.05, 0.1) is 0 Å². The van der Waals surface area contributed by atoms with Crippen LogP contribution >= 0.6 is 0 Å². The average Bonchev–Trinajstić information content (AvgIpc) is 3.19. The molecule has 0 aliphatic heterocycles. The van der Waals surface area contributed by atoms with E-state index in [-0.39, 0.29) is 0 Å². The van der Waals surface area contributed by atoms with Gasteiger partial charge >= 0.3 is 0 Å². The Kier molecular flexibility index (Phi) is 3.97. The fraction of sp³-hybridized carbons (Fsp3) is 0.400. The van der Waals surface area contributed by atoms with Crippen molar-refractivity contribution < 1.29 is 4.79 Å². The zero-order valence-electron chi connectivity index (χ0n) is 10.3. The van der Waals surface area contributed by atoms with Crippen molar-refractivity contribution in [2.75, 3.05) is 13.1 Å². The average molecular weight is 229 g/mol. The molecule has 90 valence electrons. The highest BCUT2D eigenvalue weighted by molar-refractivity contribution is 5.81. The van der Waals surface area contributed by atoms with Crippen LogP contribution in [0.15, 0.2) is 36.4 Å². The largest absolute Gasteiger partial charge is 0.339 e. The number of carbonyl (C=O) groups is 1. The van der Waals surface area contributed by atoms with E-state index >= 15 is 0 Å². The molecule has 2 heteroatoms. The van der Waals surface area contributed by atoms with Crippen LogP contribution in [-0.4, -0.2) is 23.9 Å². The van der Waals surface area contributed by atoms with E-state index in [0.29, 0.717) is 11.8 Å². The minimum Gasteiger partial charge on any atom is -0.339 e. The molecule has 1 aliphatic rings. The molecule has 0 spiro atoms. The van der Waals surface area contributed by atoms with Crippen molar-refractivity contribution in [3.63, 3.8) is 0 Å². The summed E-state index contributed by atoms with van der Waals surface area (Å²) < 4.78 is 0. The second-order valence-electron chi connectivity index (χ2n) is 4.46. The molecule has 17 heavy (non-hydrogen) atoms. The maximum absolute atomic E-state index is 11.9. The fourth-order valence-corrected chi connectivity index (χ4v) is 1.84. The molecule has 0 radical (unpaired) electrons. The van der Waals surface area contributed by atoms with Gasteiger partial charge in [0, 0.05) is 19.0 Å². The van der Waals surface area contributed by atoms with Gasteiger partial charge < -0.3 is 4.90 Å². The van der Waals surface area contributed by atoms with Gasteiger partial charge in [0.15, 0.2) is 0 Å². The molecular formula is C15H19NO. The third kappa shape index (κ3) is 3.45. The van der Waals surface area contributed by atoms with E-state index in [1.165, 1.54) is 5.56 Å². The molecule has 1 aliphatic carbocycles. The standard InChI is InChI=1S/C15H19NO/c1-2-16(15(17)14-10-11-14)12-6-9-13-7-4-3-5-8-13/h3-9,14H,2,10-12H2,1H3/b9-6+. The van der Waals surface area contributed by atoms with Crippen molar-refractivity contribution >= 4 is 12.0 Å². The third-order valence-corrected chi connectivity index (χ3v) is 3.06. The minimum atomic E-state index is 0.320. The molecule has 1 fully saturated rings. The van der Waals surface area contributed by atoms with Crippen molar-refractivity contribution in [1.29, 1.82) is 0 Å². The van der Waals surface area contributed by atoms with Crippen LogP contribution < -0.4 is 0 Å². The SMILES string of the molecule is CCN(C/C=C/c1ccccc1)C(=O)C1CC1. The van der Waals surface area contributed by atoms with E-state index in [1.807, 2.05) is 30.0 Å². The number of carbonyl (C=O) groups excluding carboxylic acids is 1. The Bertz CT molecular complexity index is 393. The highest BCUT2D eigenvalue weighted by Gasteiger charge is 2.32. The van der Waals surface area contributed by atoms with E-state index in [4.69, 9.17) is 0 Å². The Labute approximate surface area is 103 Å². The van der Waals surface area contributed by atoms with Crippen LogP contribution in [0.5, 0.6) is 0 Å². The summed E-state index contributed by atoms with van der Waals surface area (Å²) in [5.74, 6) is 0.644. The molecular weight excluding hydrogens is 210 g/mol. The lowest BCUT2D eigenvalue weighted by Crippen LogP contribution is -2.32. The van der Waals surface area contributed by atoms with Crippen LogP contribution in [0.4, 0.5) is 0 Å². The first-order valence-electron chi connectivity index (χ1n) is 6.31. The lowest BCUT2D eigenvalue weighted by atomic mass is 10.2. The first-order chi connectivity index (χ1) is 8.31. The van der Waals surface area contributed by atoms with Crippen molar-refractivity contribution in [2.24, 2.45) is 5.92 Å². The number of nitrogens with zero attached hydrogens (tertiary/aromatic N) is 1. The summed E-state index contributed by atoms with van der Waals surface area (Å²) in [5.41, 5.74) is 1.18. The van der Waals surface area contributed by atoms with Gasteiger partial charge in [-0.05, 0) is 25.3 Å². The van der Waals surface area contributed by atoms with E-state index in [2.05, 4.69) is 24.3 Å². The molecule has 1 aromatic carbocycles. The topological polar surface area (TPSA) is 20.3 Å². The van der Waals surface area contributed by atoms with Crippen LogP contribution in [0.1, 0.15) is 25.3 Å². The molecule has 1 aromatic rings. The molecule has 1 saturated carbocycles. The predicted octanol–water partition coefficient (Wildman–Crippen LogP) is 2.96. The number of likely N-dealkylation sites (N-methyl/N-ethyl adjacent to an activating group) is 1. The molecule has 2 rings (SSSR count). The van der Waals surface area contributed by atoms with E-state index < -0.39 is 0 Å². The first-order valence-corrected chi connectivity index (χ1v) is 6.31. The Morgan fingerprint density at radius 1 is 1.35 bits per heavy atom. The quantitative estimate of drug-likeness (QED) is 0.760. The summed E-state index contributed by atoms with van der Waals surface area (Å²) in [6, 6.07) is 10.2. The first kappa shape index (κ1) is 11.9. The second-order valence-corrected chi connectivity index (χ2v) is 4.46. The van der Waals surface area contributed by atoms with Crippen LogP contribution in [-0.2, 0) is 4.79 Å². The molecule has 0 aromatic heterocycles. The number of hydrogen-bond donors (Lipinski definition) is 0. The monoisotopic (exact) mass is 229 g/mol. The molecule has 2 nitrogen and oxygen atoms in total. The highest BCUT2D eigenvalue weighted by atomic mass is 16.2. The molecule has 1 amide bonds. The van der Waals surface area contributed by atoms with Crippen LogP contribution in [0, 0.1) is 5.92 Å². The Morgan fingerprint density at radius 2 is 2.06 bits per heavy atom. The zero-order valence-corrected chi connectivity index (χ0v) is 10.3. The maximum Gasteiger partial charge on any atom is 0.225 e. The number of rotatable bonds is 5. The van der Waals surface area contributed by atoms with Crippen LogP contribution in [0.3, 0.4) is 0 Å². The Hall–Kier alpha value is -1.57. The van der Waals surface area contributed by atoms with Gasteiger partial charge in [-0.1, -0.05) is 42.5 Å². The summed E-state index contributed by atoms with van der Waals surface area (Å²) in [4.78, 5) is 13.8. The van der Waals surface area contributed by atoms with Gasteiger partial charge in [0.2, 0.25) is 5.91 Å². The van der Waals surface area contributed by atoms with Gasteiger partial charge in [-0.2, -0.15) is 0 Å². The zero-order chi connectivity index (χ0) is 12.1. The van der Waals surface area contributed by atoms with Crippen LogP contribution in [0.2, 0.25) is 0 Å². The summed E-state index contributed by atoms with van der Waals surface area (Å²) >= 11 is 0. The smallest absolute Gasteiger partial charge is 0.225 e. The fourth-order valence-electron chi connectivity index (χ4n) is 1.84. The second kappa shape index (κ2) is 5.67. The summed E-state index contributed by atoms with van der Waals surface area (Å²) in [5, 5.41) is 0. The molecule has 0 N–H and O–H groups in total. The molecule has 0 unspecified atom stereocenters. The van der Waals surface area contributed by atoms with Crippen molar-refractivity contribution in [3.05, 3.63) is 42.0 Å². The highest BCUT2D eigenvalue weighted by Crippen LogP contribution is 2.30. The van der Waals surface area contributed by atoms with Gasteiger partial charge in [0.1, 0.15) is 0 Å². The molecule has 0 atom stereocenters. The number of benzene rings is 1. The summed E-state index contributed by atoms with van der Waals surface area (Å²) in [6.07, 6.45) is 6.30. The van der Waals surface area contributed by atoms with Crippen molar-refractivity contribution in [3.8, 4) is 0 Å². The van der Waals surface area contributed by atoms with Crippen molar-refractivity contribution in [1.82, 2.24) is 4.90 Å². The van der Waals surface area contributed by atoms with Gasteiger partial charge in [-0.25, -0.2) is 0 Å². The van der Waals surface area contributed by atoms with Gasteiger partial charge in [0.25, 0.3) is 0 Å². The third-order valence-electron chi connectivity index (χ3n) is 3.06. The molecule has 0 heterocycles. The lowest BCUT2D eigenvalue weighted by molar-refractivity contribution is -0.131. The van der Waals surface area contributed by atoms with E-state index in [9.17, 15) is 4.79 Å². The maximum atomic E-state index is 11.9. The predicted molar refractivity (Wildman–Crippen MR) is 70.5 cm³/mol. The lowest BCUT2D eigenvalue weighted by Gasteiger charge is -2.18. The molecule has 0 saturated heterocycles. The van der Waals surface area contributed by atoms with E-state index in [0.717, 1.165) is 25.9 Å². The Morgan fingerprint density at radius 3 is 2.65 bits per heavy atom. The minimum absolute atomic E-state index is 0.320. The van der Waals surface area contributed by atoms with E-state index in [1.54, 1.807) is 0 Å². The van der Waals surface area contributed by atoms with Crippen LogP contribution in [0.25, 0.3) is 6.08 Å². The molecule has 0 bridgehead atoms. The summed E-state index contributed by atoms with van der Waals surface area (Å²) in [6.45, 7) is 3.56. The van der Waals surface area contributed by atoms with Crippen molar-refractivity contribution in [2.45, 2.75) is 19.8 Å². The Balaban J connectivity index is 1.87. The summed E-state index contributed by atoms with van der Waals surface area (Å²) in [7, 11) is 0.